The van der Waals surface area contributed by atoms with Gasteiger partial charge in [-0.1, -0.05) is 0 Å². The molecule has 6 nitrogen and oxygen atoms in total. The fourth-order valence-electron chi connectivity index (χ4n) is 2.22. The molecule has 2 aromatic heterocycles. The van der Waals surface area contributed by atoms with Gasteiger partial charge in [-0.15, -0.1) is 0 Å². The first-order valence-corrected chi connectivity index (χ1v) is 6.43. The van der Waals surface area contributed by atoms with E-state index in [2.05, 4.69) is 24.8 Å². The predicted molar refractivity (Wildman–Crippen MR) is 69.3 cm³/mol. The van der Waals surface area contributed by atoms with Crippen molar-refractivity contribution in [3.63, 3.8) is 0 Å². The SMILES string of the molecule is Cc1ccnc([C@@H]2CN(Cc3ncc[nH]3)CCO2)n1. The van der Waals surface area contributed by atoms with Gasteiger partial charge in [0.25, 0.3) is 0 Å². The number of H-pyrrole nitrogens is 1. The molecule has 1 atom stereocenters. The number of aryl methyl sites for hydroxylation is 1. The number of imidazole rings is 1. The monoisotopic (exact) mass is 259 g/mol. The minimum Gasteiger partial charge on any atom is -0.368 e. The Morgan fingerprint density at radius 1 is 1.42 bits per heavy atom. The lowest BCUT2D eigenvalue weighted by molar-refractivity contribution is -0.0379. The van der Waals surface area contributed by atoms with Crippen molar-refractivity contribution in [3.8, 4) is 0 Å². The van der Waals surface area contributed by atoms with E-state index in [0.717, 1.165) is 37.0 Å². The second-order valence-corrected chi connectivity index (χ2v) is 4.69. The van der Waals surface area contributed by atoms with Gasteiger partial charge in [0.05, 0.1) is 13.2 Å². The Kier molecular flexibility index (Phi) is 3.52. The summed E-state index contributed by atoms with van der Waals surface area (Å²) in [6.45, 7) is 5.17. The minimum atomic E-state index is -0.0522. The molecule has 1 fully saturated rings. The lowest BCUT2D eigenvalue weighted by Gasteiger charge is -2.31. The average molecular weight is 259 g/mol. The molecule has 1 aliphatic rings. The van der Waals surface area contributed by atoms with Crippen molar-refractivity contribution in [2.24, 2.45) is 0 Å². The Morgan fingerprint density at radius 3 is 3.16 bits per heavy atom. The Labute approximate surface area is 111 Å². The van der Waals surface area contributed by atoms with E-state index >= 15 is 0 Å². The van der Waals surface area contributed by atoms with Crippen LogP contribution in [0.4, 0.5) is 0 Å². The highest BCUT2D eigenvalue weighted by molar-refractivity contribution is 5.03. The third kappa shape index (κ3) is 2.97. The summed E-state index contributed by atoms with van der Waals surface area (Å²) in [5, 5.41) is 0. The van der Waals surface area contributed by atoms with Crippen molar-refractivity contribution in [3.05, 3.63) is 42.0 Å². The van der Waals surface area contributed by atoms with E-state index in [1.54, 1.807) is 12.4 Å². The molecule has 0 aromatic carbocycles. The van der Waals surface area contributed by atoms with Crippen LogP contribution in [-0.2, 0) is 11.3 Å². The summed E-state index contributed by atoms with van der Waals surface area (Å²) < 4.78 is 5.77. The van der Waals surface area contributed by atoms with Crippen molar-refractivity contribution in [2.75, 3.05) is 19.7 Å². The number of rotatable bonds is 3. The highest BCUT2D eigenvalue weighted by atomic mass is 16.5. The van der Waals surface area contributed by atoms with Crippen molar-refractivity contribution in [1.82, 2.24) is 24.8 Å². The number of aromatic amines is 1. The van der Waals surface area contributed by atoms with Crippen LogP contribution in [0.1, 0.15) is 23.4 Å². The fraction of sp³-hybridized carbons (Fsp3) is 0.462. The van der Waals surface area contributed by atoms with E-state index in [-0.39, 0.29) is 6.10 Å². The average Bonchev–Trinajstić information content (AvgIpc) is 2.92. The van der Waals surface area contributed by atoms with Gasteiger partial charge in [-0.05, 0) is 13.0 Å². The zero-order chi connectivity index (χ0) is 13.1. The number of nitrogens with zero attached hydrogens (tertiary/aromatic N) is 4. The summed E-state index contributed by atoms with van der Waals surface area (Å²) in [5.41, 5.74) is 0.969. The molecule has 3 heterocycles. The molecule has 0 amide bonds. The van der Waals surface area contributed by atoms with Crippen LogP contribution >= 0.6 is 0 Å². The fourth-order valence-corrected chi connectivity index (χ4v) is 2.22. The van der Waals surface area contributed by atoms with Crippen LogP contribution in [0.25, 0.3) is 0 Å². The van der Waals surface area contributed by atoms with Gasteiger partial charge < -0.3 is 9.72 Å². The number of hydrogen-bond donors (Lipinski definition) is 1. The molecule has 3 rings (SSSR count). The maximum absolute atomic E-state index is 5.77. The van der Waals surface area contributed by atoms with Crippen LogP contribution in [0.3, 0.4) is 0 Å². The highest BCUT2D eigenvalue weighted by Crippen LogP contribution is 2.19. The predicted octanol–water partition coefficient (Wildman–Crippen LogP) is 1.08. The number of hydrogen-bond acceptors (Lipinski definition) is 5. The standard InChI is InChI=1S/C13H17N5O/c1-10-2-3-16-13(17-10)11-8-18(6-7-19-11)9-12-14-4-5-15-12/h2-5,11H,6-9H2,1H3,(H,14,15)/t11-/m0/s1. The second kappa shape index (κ2) is 5.46. The van der Waals surface area contributed by atoms with Gasteiger partial charge in [-0.25, -0.2) is 15.0 Å². The van der Waals surface area contributed by atoms with Gasteiger partial charge in [-0.2, -0.15) is 0 Å². The Bertz CT molecular complexity index is 528. The number of aromatic nitrogens is 4. The third-order valence-electron chi connectivity index (χ3n) is 3.18. The first-order chi connectivity index (χ1) is 9.31. The van der Waals surface area contributed by atoms with Crippen LogP contribution in [0.15, 0.2) is 24.7 Å². The van der Waals surface area contributed by atoms with Crippen LogP contribution in [-0.4, -0.2) is 44.5 Å². The summed E-state index contributed by atoms with van der Waals surface area (Å²) >= 11 is 0. The van der Waals surface area contributed by atoms with Crippen molar-refractivity contribution in [1.29, 1.82) is 0 Å². The van der Waals surface area contributed by atoms with E-state index in [1.165, 1.54) is 0 Å². The summed E-state index contributed by atoms with van der Waals surface area (Å²) in [7, 11) is 0. The first-order valence-electron chi connectivity index (χ1n) is 6.43. The smallest absolute Gasteiger partial charge is 0.158 e. The molecule has 100 valence electrons. The minimum absolute atomic E-state index is 0.0522. The lowest BCUT2D eigenvalue weighted by atomic mass is 10.2. The Balaban J connectivity index is 1.67. The summed E-state index contributed by atoms with van der Waals surface area (Å²) in [6.07, 6.45) is 5.35. The lowest BCUT2D eigenvalue weighted by Crippen LogP contribution is -2.38. The normalized spacial score (nSPS) is 20.6. The van der Waals surface area contributed by atoms with E-state index in [0.29, 0.717) is 6.61 Å². The molecule has 19 heavy (non-hydrogen) atoms. The van der Waals surface area contributed by atoms with E-state index in [4.69, 9.17) is 4.74 Å². The molecule has 1 N–H and O–H groups in total. The van der Waals surface area contributed by atoms with Gasteiger partial charge in [0.2, 0.25) is 0 Å². The van der Waals surface area contributed by atoms with Gasteiger partial charge >= 0.3 is 0 Å². The first kappa shape index (κ1) is 12.3. The molecule has 0 spiro atoms. The van der Waals surface area contributed by atoms with Crippen molar-refractivity contribution >= 4 is 0 Å². The molecule has 0 radical (unpaired) electrons. The Hall–Kier alpha value is -1.79. The zero-order valence-corrected chi connectivity index (χ0v) is 10.9. The van der Waals surface area contributed by atoms with Crippen LogP contribution in [0.5, 0.6) is 0 Å². The van der Waals surface area contributed by atoms with E-state index < -0.39 is 0 Å². The van der Waals surface area contributed by atoms with Gasteiger partial charge in [0, 0.05) is 37.4 Å². The van der Waals surface area contributed by atoms with Crippen LogP contribution < -0.4 is 0 Å². The van der Waals surface area contributed by atoms with Crippen molar-refractivity contribution in [2.45, 2.75) is 19.6 Å². The van der Waals surface area contributed by atoms with E-state index in [1.807, 2.05) is 19.2 Å². The van der Waals surface area contributed by atoms with Crippen LogP contribution in [0.2, 0.25) is 0 Å². The molecule has 6 heteroatoms. The molecule has 0 unspecified atom stereocenters. The van der Waals surface area contributed by atoms with Gasteiger partial charge in [0.15, 0.2) is 5.82 Å². The summed E-state index contributed by atoms with van der Waals surface area (Å²) in [6, 6.07) is 1.90. The largest absolute Gasteiger partial charge is 0.368 e. The van der Waals surface area contributed by atoms with Crippen molar-refractivity contribution < 1.29 is 4.74 Å². The number of nitrogens with one attached hydrogen (secondary N) is 1. The van der Waals surface area contributed by atoms with Gasteiger partial charge in [0.1, 0.15) is 11.9 Å². The molecular weight excluding hydrogens is 242 g/mol. The topological polar surface area (TPSA) is 66.9 Å². The molecule has 0 aliphatic carbocycles. The maximum atomic E-state index is 5.77. The second-order valence-electron chi connectivity index (χ2n) is 4.69. The molecule has 0 saturated carbocycles. The highest BCUT2D eigenvalue weighted by Gasteiger charge is 2.24. The quantitative estimate of drug-likeness (QED) is 0.893. The van der Waals surface area contributed by atoms with Gasteiger partial charge in [-0.3, -0.25) is 4.90 Å². The summed E-state index contributed by atoms with van der Waals surface area (Å²) in [5.74, 6) is 1.75. The maximum Gasteiger partial charge on any atom is 0.158 e. The zero-order valence-electron chi connectivity index (χ0n) is 10.9. The van der Waals surface area contributed by atoms with E-state index in [9.17, 15) is 0 Å². The molecular formula is C13H17N5O. The van der Waals surface area contributed by atoms with Crippen LogP contribution in [0, 0.1) is 6.92 Å². The molecule has 1 saturated heterocycles. The molecule has 2 aromatic rings. The third-order valence-corrected chi connectivity index (χ3v) is 3.18. The summed E-state index contributed by atoms with van der Waals surface area (Å²) in [4.78, 5) is 18.4. The Morgan fingerprint density at radius 2 is 2.37 bits per heavy atom. The number of ether oxygens (including phenoxy) is 1. The number of morpholine rings is 1. The molecule has 1 aliphatic heterocycles. The molecule has 0 bridgehead atoms.